The predicted octanol–water partition coefficient (Wildman–Crippen LogP) is 7.45. The molecular weight excluding hydrogens is 500 g/mol. The van der Waals surface area contributed by atoms with Crippen LogP contribution in [0.15, 0.2) is 36.4 Å². The summed E-state index contributed by atoms with van der Waals surface area (Å²) in [6, 6.07) is -1.24. The third-order valence-electron chi connectivity index (χ3n) is 4.49. The molecule has 0 fully saturated rings. The molecule has 2 aromatic carbocycles. The number of amides is 2. The molecule has 0 saturated carbocycles. The fourth-order valence-electron chi connectivity index (χ4n) is 2.71. The first-order valence-corrected chi connectivity index (χ1v) is 8.72. The number of rotatable bonds is 2. The van der Waals surface area contributed by atoms with E-state index in [2.05, 4.69) is 0 Å². The SMILES string of the molecule is CN(C(=O)N(C)c1cc(C(F)(F)F)cc(C(F)(F)F)c1)c1cc(C(F)(F)F)cc(C(F)(F)F)c1. The van der Waals surface area contributed by atoms with E-state index in [-0.39, 0.29) is 46.2 Å². The van der Waals surface area contributed by atoms with Crippen molar-refractivity contribution in [2.75, 3.05) is 23.9 Å². The number of nitrogens with zero attached hydrogens (tertiary/aromatic N) is 2. The number of hydrogen-bond acceptors (Lipinski definition) is 1. The average Bonchev–Trinajstić information content (AvgIpc) is 2.68. The molecule has 0 spiro atoms. The van der Waals surface area contributed by atoms with E-state index in [0.29, 0.717) is 14.1 Å². The summed E-state index contributed by atoms with van der Waals surface area (Å²) < 4.78 is 157. The van der Waals surface area contributed by atoms with E-state index in [0.717, 1.165) is 0 Å². The summed E-state index contributed by atoms with van der Waals surface area (Å²) in [6.45, 7) is 0. The van der Waals surface area contributed by atoms with Crippen molar-refractivity contribution < 1.29 is 57.5 Å². The van der Waals surface area contributed by atoms with Crippen molar-refractivity contribution in [2.24, 2.45) is 0 Å². The third kappa shape index (κ3) is 6.05. The first kappa shape index (κ1) is 27.1. The van der Waals surface area contributed by atoms with Crippen molar-refractivity contribution in [3.8, 4) is 0 Å². The van der Waals surface area contributed by atoms with Crippen LogP contribution >= 0.6 is 0 Å². The van der Waals surface area contributed by atoms with Gasteiger partial charge in [0.15, 0.2) is 0 Å². The van der Waals surface area contributed by atoms with Crippen molar-refractivity contribution in [1.82, 2.24) is 0 Å². The first-order valence-electron chi connectivity index (χ1n) is 8.72. The molecule has 0 N–H and O–H groups in total. The van der Waals surface area contributed by atoms with Crippen LogP contribution in [0.2, 0.25) is 0 Å². The Balaban J connectivity index is 2.57. The normalized spacial score (nSPS) is 13.1. The zero-order chi connectivity index (χ0) is 26.4. The lowest BCUT2D eigenvalue weighted by atomic mass is 10.1. The van der Waals surface area contributed by atoms with Crippen LogP contribution in [0.3, 0.4) is 0 Å². The highest BCUT2D eigenvalue weighted by molar-refractivity contribution is 6.03. The number of halogens is 12. The minimum absolute atomic E-state index is 0.175. The lowest BCUT2D eigenvalue weighted by Crippen LogP contribution is -2.39. The van der Waals surface area contributed by atoms with Crippen LogP contribution in [-0.2, 0) is 24.7 Å². The average molecular weight is 512 g/mol. The number of hydrogen-bond donors (Lipinski definition) is 0. The van der Waals surface area contributed by atoms with Gasteiger partial charge in [-0.2, -0.15) is 52.7 Å². The Morgan fingerprint density at radius 2 is 0.706 bits per heavy atom. The standard InChI is InChI=1S/C19H12F12N2O/c1-32(13-5-9(16(20,21)22)3-10(6-13)17(23,24)25)15(34)33(2)14-7-11(18(26,27)28)4-12(8-14)19(29,30)31/h3-8H,1-2H3. The van der Waals surface area contributed by atoms with Gasteiger partial charge in [-0.25, -0.2) is 4.79 Å². The van der Waals surface area contributed by atoms with Crippen LogP contribution in [0.5, 0.6) is 0 Å². The molecule has 34 heavy (non-hydrogen) atoms. The second-order valence-corrected chi connectivity index (χ2v) is 6.93. The van der Waals surface area contributed by atoms with Crippen molar-refractivity contribution in [2.45, 2.75) is 24.7 Å². The summed E-state index contributed by atoms with van der Waals surface area (Å²) in [7, 11) is 1.40. The van der Waals surface area contributed by atoms with Gasteiger partial charge in [-0.3, -0.25) is 9.80 Å². The molecule has 0 saturated heterocycles. The molecule has 3 nitrogen and oxygen atoms in total. The minimum atomic E-state index is -5.26. The van der Waals surface area contributed by atoms with E-state index in [1.54, 1.807) is 0 Å². The highest BCUT2D eigenvalue weighted by Gasteiger charge is 2.39. The number of carbonyl (C=O) groups is 1. The summed E-state index contributed by atoms with van der Waals surface area (Å²) in [5, 5.41) is 0. The van der Waals surface area contributed by atoms with Gasteiger partial charge in [0.2, 0.25) is 0 Å². The molecule has 0 unspecified atom stereocenters. The summed E-state index contributed by atoms with van der Waals surface area (Å²) >= 11 is 0. The Labute approximate surface area is 183 Å². The molecule has 0 aliphatic carbocycles. The third-order valence-corrected chi connectivity index (χ3v) is 4.49. The smallest absolute Gasteiger partial charge is 0.297 e. The van der Waals surface area contributed by atoms with Crippen LogP contribution in [0.25, 0.3) is 0 Å². The number of benzene rings is 2. The van der Waals surface area contributed by atoms with E-state index >= 15 is 0 Å². The number of anilines is 2. The number of urea groups is 1. The van der Waals surface area contributed by atoms with Gasteiger partial charge >= 0.3 is 30.7 Å². The molecule has 0 aliphatic rings. The van der Waals surface area contributed by atoms with Crippen molar-refractivity contribution in [3.05, 3.63) is 58.7 Å². The Bertz CT molecular complexity index is 919. The maximum Gasteiger partial charge on any atom is 0.416 e. The van der Waals surface area contributed by atoms with Gasteiger partial charge in [0.1, 0.15) is 0 Å². The van der Waals surface area contributed by atoms with Crippen molar-refractivity contribution >= 4 is 17.4 Å². The van der Waals surface area contributed by atoms with E-state index < -0.39 is 64.4 Å². The van der Waals surface area contributed by atoms with Crippen molar-refractivity contribution in [1.29, 1.82) is 0 Å². The van der Waals surface area contributed by atoms with Gasteiger partial charge in [-0.15, -0.1) is 0 Å². The van der Waals surface area contributed by atoms with Crippen LogP contribution in [0, 0.1) is 0 Å². The molecule has 0 aliphatic heterocycles. The molecular formula is C19H12F12N2O. The molecule has 0 bridgehead atoms. The maximum atomic E-state index is 13.0. The van der Waals surface area contributed by atoms with Gasteiger partial charge in [-0.05, 0) is 36.4 Å². The minimum Gasteiger partial charge on any atom is -0.297 e. The molecule has 0 radical (unpaired) electrons. The molecule has 0 atom stereocenters. The van der Waals surface area contributed by atoms with Crippen LogP contribution < -0.4 is 9.80 Å². The van der Waals surface area contributed by atoms with Crippen LogP contribution in [0.4, 0.5) is 68.9 Å². The molecule has 0 aromatic heterocycles. The Kier molecular flexibility index (Phi) is 6.84. The zero-order valence-electron chi connectivity index (χ0n) is 16.8. The fourth-order valence-corrected chi connectivity index (χ4v) is 2.71. The van der Waals surface area contributed by atoms with Crippen molar-refractivity contribution in [3.63, 3.8) is 0 Å². The summed E-state index contributed by atoms with van der Waals surface area (Å²) in [5.74, 6) is 0. The van der Waals surface area contributed by atoms with Gasteiger partial charge < -0.3 is 0 Å². The number of carbonyl (C=O) groups excluding carboxylic acids is 1. The van der Waals surface area contributed by atoms with Gasteiger partial charge in [0.25, 0.3) is 0 Å². The van der Waals surface area contributed by atoms with Gasteiger partial charge in [0.05, 0.1) is 22.3 Å². The summed E-state index contributed by atoms with van der Waals surface area (Å²) in [6.07, 6.45) is -21.0. The Morgan fingerprint density at radius 3 is 0.882 bits per heavy atom. The highest BCUT2D eigenvalue weighted by Crippen LogP contribution is 2.40. The molecule has 2 amide bonds. The summed E-state index contributed by atoms with van der Waals surface area (Å²) in [4.78, 5) is 13.1. The lowest BCUT2D eigenvalue weighted by Gasteiger charge is -2.27. The van der Waals surface area contributed by atoms with E-state index in [1.165, 1.54) is 0 Å². The fraction of sp³-hybridized carbons (Fsp3) is 0.316. The van der Waals surface area contributed by atoms with Crippen LogP contribution in [0.1, 0.15) is 22.3 Å². The second kappa shape index (κ2) is 8.58. The largest absolute Gasteiger partial charge is 0.416 e. The molecule has 188 valence electrons. The number of alkyl halides is 12. The Hall–Kier alpha value is -3.13. The molecule has 15 heteroatoms. The van der Waals surface area contributed by atoms with E-state index in [1.807, 2.05) is 0 Å². The monoisotopic (exact) mass is 512 g/mol. The quantitative estimate of drug-likeness (QED) is 0.384. The van der Waals surface area contributed by atoms with E-state index in [9.17, 15) is 57.5 Å². The van der Waals surface area contributed by atoms with E-state index in [4.69, 9.17) is 0 Å². The van der Waals surface area contributed by atoms with Gasteiger partial charge in [-0.1, -0.05) is 0 Å². The highest BCUT2D eigenvalue weighted by atomic mass is 19.4. The topological polar surface area (TPSA) is 23.6 Å². The first-order chi connectivity index (χ1) is 15.1. The zero-order valence-corrected chi connectivity index (χ0v) is 16.8. The Morgan fingerprint density at radius 1 is 0.500 bits per heavy atom. The summed E-state index contributed by atoms with van der Waals surface area (Å²) in [5.41, 5.74) is -9.03. The lowest BCUT2D eigenvalue weighted by molar-refractivity contribution is -0.144. The predicted molar refractivity (Wildman–Crippen MR) is 95.1 cm³/mol. The maximum absolute atomic E-state index is 13.0. The molecule has 2 aromatic rings. The molecule has 0 heterocycles. The molecule has 2 rings (SSSR count). The second-order valence-electron chi connectivity index (χ2n) is 6.93. The van der Waals surface area contributed by atoms with Crippen LogP contribution in [-0.4, -0.2) is 20.1 Å². The van der Waals surface area contributed by atoms with Gasteiger partial charge in [0, 0.05) is 25.5 Å².